The van der Waals surface area contributed by atoms with Crippen molar-refractivity contribution in [2.24, 2.45) is 0 Å². The smallest absolute Gasteiger partial charge is 0.319 e. The molecular formula is C18H22N2O. The van der Waals surface area contributed by atoms with Gasteiger partial charge in [-0.25, -0.2) is 4.79 Å². The molecule has 0 aromatic heterocycles. The zero-order valence-electron chi connectivity index (χ0n) is 12.9. The van der Waals surface area contributed by atoms with Crippen LogP contribution in [0, 0.1) is 20.8 Å². The zero-order valence-corrected chi connectivity index (χ0v) is 12.9. The maximum Gasteiger partial charge on any atom is 0.319 e. The Balaban J connectivity index is 1.84. The van der Waals surface area contributed by atoms with Crippen LogP contribution in [0.5, 0.6) is 0 Å². The van der Waals surface area contributed by atoms with Crippen LogP contribution in [0.15, 0.2) is 42.5 Å². The second-order valence-electron chi connectivity index (χ2n) is 5.38. The van der Waals surface area contributed by atoms with Crippen LogP contribution in [0.1, 0.15) is 22.3 Å². The van der Waals surface area contributed by atoms with E-state index in [0.717, 1.165) is 17.7 Å². The largest absolute Gasteiger partial charge is 0.338 e. The van der Waals surface area contributed by atoms with Crippen LogP contribution in [0.2, 0.25) is 0 Å². The van der Waals surface area contributed by atoms with Gasteiger partial charge in [-0.1, -0.05) is 42.0 Å². The number of carbonyl (C=O) groups is 1. The van der Waals surface area contributed by atoms with Gasteiger partial charge in [-0.2, -0.15) is 0 Å². The average molecular weight is 282 g/mol. The molecule has 2 amide bonds. The summed E-state index contributed by atoms with van der Waals surface area (Å²) in [5.41, 5.74) is 5.65. The molecule has 0 spiro atoms. The van der Waals surface area contributed by atoms with E-state index in [1.54, 1.807) is 0 Å². The van der Waals surface area contributed by atoms with Crippen molar-refractivity contribution in [3.05, 3.63) is 64.7 Å². The molecule has 0 fully saturated rings. The highest BCUT2D eigenvalue weighted by atomic mass is 16.2. The Morgan fingerprint density at radius 1 is 1.00 bits per heavy atom. The molecular weight excluding hydrogens is 260 g/mol. The van der Waals surface area contributed by atoms with Gasteiger partial charge in [0.2, 0.25) is 0 Å². The SMILES string of the molecule is Cc1ccc(NC(=O)NCCc2ccccc2C)c(C)c1. The van der Waals surface area contributed by atoms with E-state index in [-0.39, 0.29) is 6.03 Å². The van der Waals surface area contributed by atoms with Crippen LogP contribution < -0.4 is 10.6 Å². The lowest BCUT2D eigenvalue weighted by Crippen LogP contribution is -2.30. The molecule has 3 nitrogen and oxygen atoms in total. The number of amides is 2. The van der Waals surface area contributed by atoms with E-state index in [1.807, 2.05) is 38.1 Å². The minimum atomic E-state index is -0.157. The van der Waals surface area contributed by atoms with Gasteiger partial charge in [-0.15, -0.1) is 0 Å². The number of rotatable bonds is 4. The highest BCUT2D eigenvalue weighted by Gasteiger charge is 2.04. The minimum absolute atomic E-state index is 0.157. The van der Waals surface area contributed by atoms with Crippen molar-refractivity contribution in [2.75, 3.05) is 11.9 Å². The summed E-state index contributed by atoms with van der Waals surface area (Å²) in [5, 5.41) is 5.79. The molecule has 2 aromatic rings. The third-order valence-corrected chi connectivity index (χ3v) is 3.57. The summed E-state index contributed by atoms with van der Waals surface area (Å²) in [6.45, 7) is 6.75. The third kappa shape index (κ3) is 4.35. The van der Waals surface area contributed by atoms with Gasteiger partial charge in [0, 0.05) is 12.2 Å². The Bertz CT molecular complexity index is 635. The molecule has 0 aliphatic heterocycles. The van der Waals surface area contributed by atoms with Crippen LogP contribution in [0.4, 0.5) is 10.5 Å². The van der Waals surface area contributed by atoms with E-state index in [2.05, 4.69) is 35.8 Å². The van der Waals surface area contributed by atoms with E-state index in [9.17, 15) is 4.79 Å². The first kappa shape index (κ1) is 15.1. The summed E-state index contributed by atoms with van der Waals surface area (Å²) in [4.78, 5) is 11.9. The van der Waals surface area contributed by atoms with Crippen molar-refractivity contribution in [1.82, 2.24) is 5.32 Å². The Morgan fingerprint density at radius 3 is 2.48 bits per heavy atom. The maximum atomic E-state index is 11.9. The molecule has 0 aliphatic rings. The van der Waals surface area contributed by atoms with Crippen LogP contribution in [0.25, 0.3) is 0 Å². The van der Waals surface area contributed by atoms with Gasteiger partial charge in [0.15, 0.2) is 0 Å². The molecule has 3 heteroatoms. The first-order chi connectivity index (χ1) is 10.1. The molecule has 0 bridgehead atoms. The minimum Gasteiger partial charge on any atom is -0.338 e. The molecule has 0 unspecified atom stereocenters. The molecule has 0 atom stereocenters. The van der Waals surface area contributed by atoms with Gasteiger partial charge in [0.1, 0.15) is 0 Å². The molecule has 21 heavy (non-hydrogen) atoms. The average Bonchev–Trinajstić information content (AvgIpc) is 2.44. The summed E-state index contributed by atoms with van der Waals surface area (Å²) in [5.74, 6) is 0. The predicted molar refractivity (Wildman–Crippen MR) is 87.8 cm³/mol. The van der Waals surface area contributed by atoms with E-state index < -0.39 is 0 Å². The first-order valence-electron chi connectivity index (χ1n) is 7.23. The molecule has 0 heterocycles. The number of aryl methyl sites for hydroxylation is 3. The van der Waals surface area contributed by atoms with E-state index in [4.69, 9.17) is 0 Å². The fourth-order valence-corrected chi connectivity index (χ4v) is 2.32. The second-order valence-corrected chi connectivity index (χ2v) is 5.38. The Morgan fingerprint density at radius 2 is 1.76 bits per heavy atom. The topological polar surface area (TPSA) is 41.1 Å². The lowest BCUT2D eigenvalue weighted by Gasteiger charge is -2.11. The Kier molecular flexibility index (Phi) is 4.99. The zero-order chi connectivity index (χ0) is 15.2. The van der Waals surface area contributed by atoms with Crippen molar-refractivity contribution < 1.29 is 4.79 Å². The molecule has 0 aliphatic carbocycles. The normalized spacial score (nSPS) is 10.2. The first-order valence-corrected chi connectivity index (χ1v) is 7.23. The molecule has 2 N–H and O–H groups in total. The Labute approximate surface area is 126 Å². The van der Waals surface area contributed by atoms with Gasteiger partial charge < -0.3 is 10.6 Å². The predicted octanol–water partition coefficient (Wildman–Crippen LogP) is 3.98. The van der Waals surface area contributed by atoms with Gasteiger partial charge in [-0.3, -0.25) is 0 Å². The molecule has 110 valence electrons. The number of carbonyl (C=O) groups excluding carboxylic acids is 1. The van der Waals surface area contributed by atoms with Crippen molar-refractivity contribution in [3.8, 4) is 0 Å². The van der Waals surface area contributed by atoms with E-state index in [1.165, 1.54) is 16.7 Å². The van der Waals surface area contributed by atoms with Crippen molar-refractivity contribution in [1.29, 1.82) is 0 Å². The summed E-state index contributed by atoms with van der Waals surface area (Å²) in [6, 6.07) is 14.1. The highest BCUT2D eigenvalue weighted by molar-refractivity contribution is 5.90. The molecule has 0 radical (unpaired) electrons. The van der Waals surface area contributed by atoms with Crippen molar-refractivity contribution >= 4 is 11.7 Å². The molecule has 0 saturated heterocycles. The fraction of sp³-hybridized carbons (Fsp3) is 0.278. The molecule has 0 saturated carbocycles. The maximum absolute atomic E-state index is 11.9. The number of anilines is 1. The summed E-state index contributed by atoms with van der Waals surface area (Å²) in [6.07, 6.45) is 0.840. The quantitative estimate of drug-likeness (QED) is 0.875. The van der Waals surface area contributed by atoms with Crippen LogP contribution in [0.3, 0.4) is 0 Å². The molecule has 2 aromatic carbocycles. The van der Waals surface area contributed by atoms with Crippen LogP contribution >= 0.6 is 0 Å². The Hall–Kier alpha value is -2.29. The van der Waals surface area contributed by atoms with Crippen molar-refractivity contribution in [3.63, 3.8) is 0 Å². The van der Waals surface area contributed by atoms with Gasteiger partial charge in [-0.05, 0) is 49.9 Å². The van der Waals surface area contributed by atoms with E-state index in [0.29, 0.717) is 6.54 Å². The van der Waals surface area contributed by atoms with E-state index >= 15 is 0 Å². The number of nitrogens with one attached hydrogen (secondary N) is 2. The summed E-state index contributed by atoms with van der Waals surface area (Å²) < 4.78 is 0. The van der Waals surface area contributed by atoms with Crippen LogP contribution in [-0.2, 0) is 6.42 Å². The summed E-state index contributed by atoms with van der Waals surface area (Å²) in [7, 11) is 0. The standard InChI is InChI=1S/C18H22N2O/c1-13-8-9-17(15(3)12-13)20-18(21)19-11-10-16-7-5-4-6-14(16)2/h4-9,12H,10-11H2,1-3H3,(H2,19,20,21). The number of urea groups is 1. The second kappa shape index (κ2) is 6.93. The fourth-order valence-electron chi connectivity index (χ4n) is 2.32. The lowest BCUT2D eigenvalue weighted by atomic mass is 10.1. The third-order valence-electron chi connectivity index (χ3n) is 3.57. The number of hydrogen-bond donors (Lipinski definition) is 2. The lowest BCUT2D eigenvalue weighted by molar-refractivity contribution is 0.252. The van der Waals surface area contributed by atoms with Gasteiger partial charge >= 0.3 is 6.03 Å². The van der Waals surface area contributed by atoms with Crippen molar-refractivity contribution in [2.45, 2.75) is 27.2 Å². The summed E-state index contributed by atoms with van der Waals surface area (Å²) >= 11 is 0. The molecule has 2 rings (SSSR count). The van der Waals surface area contributed by atoms with Gasteiger partial charge in [0.05, 0.1) is 0 Å². The monoisotopic (exact) mass is 282 g/mol. The van der Waals surface area contributed by atoms with Crippen LogP contribution in [-0.4, -0.2) is 12.6 Å². The highest BCUT2D eigenvalue weighted by Crippen LogP contribution is 2.15. The number of benzene rings is 2. The van der Waals surface area contributed by atoms with Gasteiger partial charge in [0.25, 0.3) is 0 Å². The number of hydrogen-bond acceptors (Lipinski definition) is 1.